The second kappa shape index (κ2) is 4.50. The van der Waals surface area contributed by atoms with Crippen LogP contribution in [0.25, 0.3) is 0 Å². The molecule has 0 amide bonds. The third-order valence-corrected chi connectivity index (χ3v) is 3.90. The average molecular weight is 247 g/mol. The highest BCUT2D eigenvalue weighted by molar-refractivity contribution is 5.48. The van der Waals surface area contributed by atoms with Crippen molar-refractivity contribution in [2.45, 2.75) is 51.6 Å². The van der Waals surface area contributed by atoms with E-state index in [4.69, 9.17) is 14.7 Å². The highest BCUT2D eigenvalue weighted by Crippen LogP contribution is 2.46. The van der Waals surface area contributed by atoms with Gasteiger partial charge in [0.05, 0.1) is 18.9 Å². The summed E-state index contributed by atoms with van der Waals surface area (Å²) in [6.45, 7) is 6.82. The smallest absolute Gasteiger partial charge is 0.136 e. The summed E-state index contributed by atoms with van der Waals surface area (Å²) in [5.41, 5.74) is 2.59. The first kappa shape index (κ1) is 11.9. The third-order valence-electron chi connectivity index (χ3n) is 3.90. The fourth-order valence-corrected chi connectivity index (χ4v) is 2.30. The summed E-state index contributed by atoms with van der Waals surface area (Å²) in [7, 11) is 0. The number of aromatic nitrogens is 2. The Labute approximate surface area is 108 Å². The van der Waals surface area contributed by atoms with Crippen LogP contribution in [0.3, 0.4) is 0 Å². The number of nitrogens with one attached hydrogen (secondary N) is 1. The monoisotopic (exact) mass is 247 g/mol. The highest BCUT2D eigenvalue weighted by atomic mass is 16.5. The minimum absolute atomic E-state index is 0.232. The molecule has 18 heavy (non-hydrogen) atoms. The van der Waals surface area contributed by atoms with Crippen LogP contribution in [0.15, 0.2) is 0 Å². The maximum atomic E-state index is 5.54. The molecule has 0 aromatic carbocycles. The summed E-state index contributed by atoms with van der Waals surface area (Å²) in [5.74, 6) is 2.03. The van der Waals surface area contributed by atoms with Crippen molar-refractivity contribution in [3.05, 3.63) is 17.1 Å². The minimum Gasteiger partial charge on any atom is -0.376 e. The highest BCUT2D eigenvalue weighted by Gasteiger charge is 2.42. The lowest BCUT2D eigenvalue weighted by molar-refractivity contribution is 0.109. The lowest BCUT2D eigenvalue weighted by atomic mass is 10.1. The van der Waals surface area contributed by atoms with E-state index in [1.54, 1.807) is 0 Å². The van der Waals surface area contributed by atoms with E-state index in [1.165, 1.54) is 24.1 Å². The van der Waals surface area contributed by atoms with Gasteiger partial charge in [0, 0.05) is 23.9 Å². The molecule has 1 aromatic rings. The molecule has 0 bridgehead atoms. The number of fused-ring (bicyclic) bond motifs is 1. The zero-order valence-corrected chi connectivity index (χ0v) is 11.3. The molecule has 0 saturated heterocycles. The normalized spacial score (nSPS) is 20.3. The van der Waals surface area contributed by atoms with Crippen LogP contribution < -0.4 is 5.32 Å². The summed E-state index contributed by atoms with van der Waals surface area (Å²) in [5, 5.41) is 3.43. The Balaban J connectivity index is 1.98. The van der Waals surface area contributed by atoms with Crippen molar-refractivity contribution in [2.75, 3.05) is 18.5 Å². The standard InChI is InChI=1S/C14H21N3O/c1-3-7-15-12-10-9-18-8-4-11(10)16-13(17-12)14(2)5-6-14/h3-9H2,1-2H3,(H,15,16,17). The summed E-state index contributed by atoms with van der Waals surface area (Å²) in [6, 6.07) is 0. The number of hydrogen-bond donors (Lipinski definition) is 1. The molecule has 1 aliphatic carbocycles. The van der Waals surface area contributed by atoms with Crippen molar-refractivity contribution in [3.63, 3.8) is 0 Å². The first-order valence-electron chi connectivity index (χ1n) is 6.95. The van der Waals surface area contributed by atoms with Crippen LogP contribution in [-0.4, -0.2) is 23.1 Å². The topological polar surface area (TPSA) is 47.0 Å². The predicted octanol–water partition coefficient (Wildman–Crippen LogP) is 2.42. The molecule has 4 nitrogen and oxygen atoms in total. The van der Waals surface area contributed by atoms with E-state index >= 15 is 0 Å². The van der Waals surface area contributed by atoms with Crippen molar-refractivity contribution in [3.8, 4) is 0 Å². The second-order valence-electron chi connectivity index (χ2n) is 5.61. The van der Waals surface area contributed by atoms with Crippen LogP contribution in [0.1, 0.15) is 50.2 Å². The first-order valence-corrected chi connectivity index (χ1v) is 6.95. The van der Waals surface area contributed by atoms with Crippen LogP contribution in [0.5, 0.6) is 0 Å². The fraction of sp³-hybridized carbons (Fsp3) is 0.714. The van der Waals surface area contributed by atoms with Crippen molar-refractivity contribution in [1.82, 2.24) is 9.97 Å². The summed E-state index contributed by atoms with van der Waals surface area (Å²) in [4.78, 5) is 9.54. The Morgan fingerprint density at radius 3 is 2.89 bits per heavy atom. The van der Waals surface area contributed by atoms with E-state index in [1.807, 2.05) is 0 Å². The lowest BCUT2D eigenvalue weighted by Crippen LogP contribution is -2.20. The molecule has 1 aromatic heterocycles. The van der Waals surface area contributed by atoms with Gasteiger partial charge in [-0.3, -0.25) is 0 Å². The number of nitrogens with zero attached hydrogens (tertiary/aromatic N) is 2. The number of rotatable bonds is 4. The van der Waals surface area contributed by atoms with Gasteiger partial charge in [0.1, 0.15) is 11.6 Å². The van der Waals surface area contributed by atoms with Gasteiger partial charge >= 0.3 is 0 Å². The Morgan fingerprint density at radius 2 is 2.17 bits per heavy atom. The molecule has 3 rings (SSSR count). The van der Waals surface area contributed by atoms with Gasteiger partial charge < -0.3 is 10.1 Å². The van der Waals surface area contributed by atoms with E-state index < -0.39 is 0 Å². The molecular weight excluding hydrogens is 226 g/mol. The number of anilines is 1. The third kappa shape index (κ3) is 2.09. The van der Waals surface area contributed by atoms with Gasteiger partial charge in [0.15, 0.2) is 0 Å². The van der Waals surface area contributed by atoms with Crippen molar-refractivity contribution in [2.24, 2.45) is 0 Å². The Morgan fingerprint density at radius 1 is 1.33 bits per heavy atom. The maximum Gasteiger partial charge on any atom is 0.136 e. The van der Waals surface area contributed by atoms with Crippen molar-refractivity contribution < 1.29 is 4.74 Å². The van der Waals surface area contributed by atoms with Crippen molar-refractivity contribution in [1.29, 1.82) is 0 Å². The van der Waals surface area contributed by atoms with Gasteiger partial charge in [-0.2, -0.15) is 0 Å². The van der Waals surface area contributed by atoms with Gasteiger partial charge in [-0.1, -0.05) is 13.8 Å². The minimum atomic E-state index is 0.232. The van der Waals surface area contributed by atoms with E-state index in [2.05, 4.69) is 19.2 Å². The van der Waals surface area contributed by atoms with Crippen molar-refractivity contribution >= 4 is 5.82 Å². The Bertz CT molecular complexity index is 455. The van der Waals surface area contributed by atoms with E-state index in [0.29, 0.717) is 6.61 Å². The zero-order valence-electron chi connectivity index (χ0n) is 11.3. The van der Waals surface area contributed by atoms with E-state index in [0.717, 1.165) is 37.6 Å². The van der Waals surface area contributed by atoms with Crippen LogP contribution in [0, 0.1) is 0 Å². The molecule has 2 aliphatic rings. The average Bonchev–Trinajstić information content (AvgIpc) is 3.15. The molecule has 0 spiro atoms. The Hall–Kier alpha value is -1.16. The molecule has 0 radical (unpaired) electrons. The van der Waals surface area contributed by atoms with Crippen LogP contribution in [-0.2, 0) is 23.2 Å². The lowest BCUT2D eigenvalue weighted by Gasteiger charge is -2.21. The number of ether oxygens (including phenoxy) is 1. The first-order chi connectivity index (χ1) is 8.73. The van der Waals surface area contributed by atoms with Crippen LogP contribution in [0.2, 0.25) is 0 Å². The molecule has 1 N–H and O–H groups in total. The molecule has 2 heterocycles. The number of hydrogen-bond acceptors (Lipinski definition) is 4. The molecule has 0 atom stereocenters. The summed E-state index contributed by atoms with van der Waals surface area (Å²) in [6.07, 6.45) is 4.46. The summed E-state index contributed by atoms with van der Waals surface area (Å²) < 4.78 is 5.54. The molecule has 1 fully saturated rings. The molecule has 4 heteroatoms. The van der Waals surface area contributed by atoms with Gasteiger partial charge in [0.2, 0.25) is 0 Å². The summed E-state index contributed by atoms with van der Waals surface area (Å²) >= 11 is 0. The Kier molecular flexibility index (Phi) is 2.98. The van der Waals surface area contributed by atoms with Crippen LogP contribution >= 0.6 is 0 Å². The molecular formula is C14H21N3O. The van der Waals surface area contributed by atoms with Crippen LogP contribution in [0.4, 0.5) is 5.82 Å². The molecule has 1 saturated carbocycles. The molecule has 98 valence electrons. The largest absolute Gasteiger partial charge is 0.376 e. The maximum absolute atomic E-state index is 5.54. The fourth-order valence-electron chi connectivity index (χ4n) is 2.30. The SMILES string of the molecule is CCCNc1nc(C2(C)CC2)nc2c1COCC2. The van der Waals surface area contributed by atoms with Gasteiger partial charge in [-0.15, -0.1) is 0 Å². The second-order valence-corrected chi connectivity index (χ2v) is 5.61. The van der Waals surface area contributed by atoms with Gasteiger partial charge in [-0.05, 0) is 19.3 Å². The zero-order chi connectivity index (χ0) is 12.6. The van der Waals surface area contributed by atoms with Gasteiger partial charge in [-0.25, -0.2) is 9.97 Å². The molecule has 1 aliphatic heterocycles. The van der Waals surface area contributed by atoms with E-state index in [9.17, 15) is 0 Å². The van der Waals surface area contributed by atoms with Gasteiger partial charge in [0.25, 0.3) is 0 Å². The molecule has 0 unspecified atom stereocenters. The predicted molar refractivity (Wildman–Crippen MR) is 70.8 cm³/mol. The quantitative estimate of drug-likeness (QED) is 0.887. The van der Waals surface area contributed by atoms with E-state index in [-0.39, 0.29) is 5.41 Å².